The third kappa shape index (κ3) is 3.92. The van der Waals surface area contributed by atoms with Crippen LogP contribution >= 0.6 is 0 Å². The number of ether oxygens (including phenoxy) is 1. The summed E-state index contributed by atoms with van der Waals surface area (Å²) in [4.78, 5) is 26.9. The molecular formula is C23H27NO5. The van der Waals surface area contributed by atoms with Gasteiger partial charge in [-0.3, -0.25) is 9.59 Å². The summed E-state index contributed by atoms with van der Waals surface area (Å²) >= 11 is 0. The minimum Gasteiger partial charge on any atom is -0.507 e. The molecule has 1 aliphatic rings. The molecule has 6 heteroatoms. The van der Waals surface area contributed by atoms with Crippen molar-refractivity contribution in [2.24, 2.45) is 0 Å². The molecule has 1 unspecified atom stereocenters. The summed E-state index contributed by atoms with van der Waals surface area (Å²) < 4.78 is 11.5. The number of benzene rings is 1. The van der Waals surface area contributed by atoms with Crippen LogP contribution in [0.1, 0.15) is 55.9 Å². The van der Waals surface area contributed by atoms with Gasteiger partial charge in [-0.1, -0.05) is 6.92 Å². The quantitative estimate of drug-likeness (QED) is 0.440. The first kappa shape index (κ1) is 20.7. The number of nitrogens with zero attached hydrogens (tertiary/aromatic N) is 1. The van der Waals surface area contributed by atoms with Crippen LogP contribution in [-0.4, -0.2) is 34.3 Å². The van der Waals surface area contributed by atoms with Gasteiger partial charge in [-0.2, -0.15) is 0 Å². The van der Waals surface area contributed by atoms with Crippen LogP contribution in [0.3, 0.4) is 0 Å². The lowest BCUT2D eigenvalue weighted by Crippen LogP contribution is -2.30. The third-order valence-corrected chi connectivity index (χ3v) is 4.85. The van der Waals surface area contributed by atoms with Gasteiger partial charge in [-0.15, -0.1) is 0 Å². The van der Waals surface area contributed by atoms with E-state index in [4.69, 9.17) is 9.15 Å². The van der Waals surface area contributed by atoms with E-state index in [0.29, 0.717) is 35.8 Å². The average Bonchev–Trinajstić information content (AvgIpc) is 3.19. The summed E-state index contributed by atoms with van der Waals surface area (Å²) in [6.07, 6.45) is 0.707. The van der Waals surface area contributed by atoms with E-state index in [1.807, 2.05) is 27.7 Å². The number of furan rings is 1. The molecule has 1 fully saturated rings. The Morgan fingerprint density at radius 2 is 1.93 bits per heavy atom. The van der Waals surface area contributed by atoms with Crippen molar-refractivity contribution in [3.05, 3.63) is 58.6 Å². The van der Waals surface area contributed by atoms with Crippen LogP contribution in [0.4, 0.5) is 0 Å². The Balaban J connectivity index is 2.11. The van der Waals surface area contributed by atoms with E-state index in [1.165, 1.54) is 4.90 Å². The van der Waals surface area contributed by atoms with Gasteiger partial charge in [-0.05, 0) is 70.0 Å². The molecule has 0 spiro atoms. The van der Waals surface area contributed by atoms with E-state index in [2.05, 4.69) is 0 Å². The minimum absolute atomic E-state index is 0.0229. The molecule has 1 aliphatic heterocycles. The first-order chi connectivity index (χ1) is 13.7. The predicted molar refractivity (Wildman–Crippen MR) is 110 cm³/mol. The number of aliphatic hydroxyl groups is 1. The van der Waals surface area contributed by atoms with Gasteiger partial charge >= 0.3 is 0 Å². The molecule has 1 amide bonds. The molecule has 1 aromatic carbocycles. The Morgan fingerprint density at radius 1 is 1.21 bits per heavy atom. The topological polar surface area (TPSA) is 80.0 Å². The van der Waals surface area contributed by atoms with Gasteiger partial charge in [-0.25, -0.2) is 0 Å². The van der Waals surface area contributed by atoms with Crippen molar-refractivity contribution in [2.45, 2.75) is 53.2 Å². The number of ketones is 1. The standard InChI is InChI=1S/C23H27NO5/c1-6-11-24-20(18-9-7-15(5)29-18)19(22(26)23(24)27)21(25)16-8-10-17(14(4)12-16)28-13(2)3/h7-10,12-13,20,25H,6,11H2,1-5H3/b21-19-. The monoisotopic (exact) mass is 397 g/mol. The molecule has 1 N–H and O–H groups in total. The fourth-order valence-corrected chi connectivity index (χ4v) is 3.59. The van der Waals surface area contributed by atoms with Crippen LogP contribution in [0.5, 0.6) is 5.75 Å². The lowest BCUT2D eigenvalue weighted by Gasteiger charge is -2.22. The molecule has 29 heavy (non-hydrogen) atoms. The van der Waals surface area contributed by atoms with Crippen molar-refractivity contribution in [3.8, 4) is 5.75 Å². The highest BCUT2D eigenvalue weighted by Crippen LogP contribution is 2.40. The van der Waals surface area contributed by atoms with E-state index < -0.39 is 17.7 Å². The molecule has 0 aliphatic carbocycles. The number of rotatable bonds is 6. The maximum absolute atomic E-state index is 12.8. The van der Waals surface area contributed by atoms with Crippen LogP contribution < -0.4 is 4.74 Å². The molecule has 2 heterocycles. The van der Waals surface area contributed by atoms with Gasteiger partial charge in [0.25, 0.3) is 11.7 Å². The second-order valence-corrected chi connectivity index (χ2v) is 7.59. The molecule has 0 saturated carbocycles. The highest BCUT2D eigenvalue weighted by atomic mass is 16.5. The number of hydrogen-bond acceptors (Lipinski definition) is 5. The van der Waals surface area contributed by atoms with Gasteiger partial charge in [0.15, 0.2) is 0 Å². The first-order valence-corrected chi connectivity index (χ1v) is 9.87. The molecule has 1 atom stereocenters. The average molecular weight is 397 g/mol. The highest BCUT2D eigenvalue weighted by molar-refractivity contribution is 6.46. The Kier molecular flexibility index (Phi) is 5.82. The fraction of sp³-hybridized carbons (Fsp3) is 0.391. The van der Waals surface area contributed by atoms with E-state index in [9.17, 15) is 14.7 Å². The number of amides is 1. The molecule has 154 valence electrons. The van der Waals surface area contributed by atoms with Gasteiger partial charge < -0.3 is 19.2 Å². The molecule has 6 nitrogen and oxygen atoms in total. The van der Waals surface area contributed by atoms with Crippen LogP contribution in [0.2, 0.25) is 0 Å². The lowest BCUT2D eigenvalue weighted by molar-refractivity contribution is -0.140. The lowest BCUT2D eigenvalue weighted by atomic mass is 9.98. The number of likely N-dealkylation sites (tertiary alicyclic amines) is 1. The zero-order chi connectivity index (χ0) is 21.3. The molecule has 2 aromatic rings. The minimum atomic E-state index is -0.740. The van der Waals surface area contributed by atoms with Crippen LogP contribution in [0.15, 0.2) is 40.3 Å². The molecule has 1 aromatic heterocycles. The Labute approximate surface area is 170 Å². The molecule has 1 saturated heterocycles. The SMILES string of the molecule is CCCN1C(=O)C(=O)/C(=C(\O)c2ccc(OC(C)C)c(C)c2)C1c1ccc(C)o1. The zero-order valence-electron chi connectivity index (χ0n) is 17.5. The number of carbonyl (C=O) groups is 2. The van der Waals surface area contributed by atoms with Crippen LogP contribution in [0, 0.1) is 13.8 Å². The number of carbonyl (C=O) groups excluding carboxylic acids is 2. The summed E-state index contributed by atoms with van der Waals surface area (Å²) in [7, 11) is 0. The predicted octanol–water partition coefficient (Wildman–Crippen LogP) is 4.52. The Bertz CT molecular complexity index is 969. The first-order valence-electron chi connectivity index (χ1n) is 9.87. The second-order valence-electron chi connectivity index (χ2n) is 7.59. The largest absolute Gasteiger partial charge is 0.507 e. The summed E-state index contributed by atoms with van der Waals surface area (Å²) in [5.41, 5.74) is 1.34. The van der Waals surface area contributed by atoms with Crippen molar-refractivity contribution >= 4 is 17.4 Å². The summed E-state index contributed by atoms with van der Waals surface area (Å²) in [5.74, 6) is 0.321. The summed E-state index contributed by atoms with van der Waals surface area (Å²) in [5, 5.41) is 11.0. The smallest absolute Gasteiger partial charge is 0.295 e. The van der Waals surface area contributed by atoms with Crippen LogP contribution in [0.25, 0.3) is 5.76 Å². The number of Topliss-reactive ketones (excluding diaryl/α,β-unsaturated/α-hetero) is 1. The number of hydrogen-bond donors (Lipinski definition) is 1. The summed E-state index contributed by atoms with van der Waals surface area (Å²) in [6.45, 7) is 9.87. The highest BCUT2D eigenvalue weighted by Gasteiger charge is 2.47. The Hall–Kier alpha value is -3.02. The normalized spacial score (nSPS) is 18.7. The van der Waals surface area contributed by atoms with Gasteiger partial charge in [0.2, 0.25) is 0 Å². The van der Waals surface area contributed by atoms with Gasteiger partial charge in [0.05, 0.1) is 11.7 Å². The molecule has 3 rings (SSSR count). The van der Waals surface area contributed by atoms with E-state index >= 15 is 0 Å². The van der Waals surface area contributed by atoms with Crippen molar-refractivity contribution in [3.63, 3.8) is 0 Å². The molecular weight excluding hydrogens is 370 g/mol. The van der Waals surface area contributed by atoms with Gasteiger partial charge in [0.1, 0.15) is 29.1 Å². The number of aliphatic hydroxyl groups excluding tert-OH is 1. The maximum Gasteiger partial charge on any atom is 0.295 e. The van der Waals surface area contributed by atoms with Crippen LogP contribution in [-0.2, 0) is 9.59 Å². The van der Waals surface area contributed by atoms with E-state index in [1.54, 1.807) is 37.3 Å². The number of aryl methyl sites for hydroxylation is 2. The maximum atomic E-state index is 12.8. The zero-order valence-corrected chi connectivity index (χ0v) is 17.5. The Morgan fingerprint density at radius 3 is 2.48 bits per heavy atom. The van der Waals surface area contributed by atoms with Crippen molar-refractivity contribution in [1.29, 1.82) is 0 Å². The van der Waals surface area contributed by atoms with Crippen molar-refractivity contribution in [2.75, 3.05) is 6.54 Å². The van der Waals surface area contributed by atoms with Crippen molar-refractivity contribution in [1.82, 2.24) is 4.90 Å². The van der Waals surface area contributed by atoms with E-state index in [-0.39, 0.29) is 17.4 Å². The summed E-state index contributed by atoms with van der Waals surface area (Å²) in [6, 6.07) is 7.99. The fourth-order valence-electron chi connectivity index (χ4n) is 3.59. The third-order valence-electron chi connectivity index (χ3n) is 4.85. The van der Waals surface area contributed by atoms with Crippen molar-refractivity contribution < 1.29 is 23.8 Å². The van der Waals surface area contributed by atoms with Gasteiger partial charge in [0, 0.05) is 12.1 Å². The molecule has 0 bridgehead atoms. The molecule has 0 radical (unpaired) electrons. The second kappa shape index (κ2) is 8.15. The van der Waals surface area contributed by atoms with E-state index in [0.717, 1.165) is 5.56 Å².